The van der Waals surface area contributed by atoms with Crippen LogP contribution in [0, 0.1) is 0 Å². The molecule has 2 aliphatic heterocycles. The summed E-state index contributed by atoms with van der Waals surface area (Å²) >= 11 is 0. The van der Waals surface area contributed by atoms with Crippen molar-refractivity contribution in [2.45, 2.75) is 12.8 Å². The number of carbonyl (C=O) groups excluding carboxylic acids is 1. The monoisotopic (exact) mass is 339 g/mol. The van der Waals surface area contributed by atoms with Gasteiger partial charge in [-0.25, -0.2) is 0 Å². The van der Waals surface area contributed by atoms with Crippen LogP contribution in [0.2, 0.25) is 0 Å². The largest absolute Gasteiger partial charge is 0.493 e. The Hall–Kier alpha value is -1.30. The van der Waals surface area contributed by atoms with E-state index in [4.69, 9.17) is 4.74 Å². The van der Waals surface area contributed by atoms with Crippen molar-refractivity contribution in [3.63, 3.8) is 0 Å². The summed E-state index contributed by atoms with van der Waals surface area (Å²) in [5.41, 5.74) is 2.64. The Morgan fingerprint density at radius 2 is 2.13 bits per heavy atom. The molecule has 1 fully saturated rings. The average Bonchev–Trinajstić information content (AvgIpc) is 3.01. The maximum absolute atomic E-state index is 12.2. The molecule has 1 saturated heterocycles. The highest BCUT2D eigenvalue weighted by molar-refractivity contribution is 5.85. The molecule has 3 rings (SSSR count). The second-order valence-corrected chi connectivity index (χ2v) is 6.16. The SMILES string of the molecule is CN(CCc1ccc2c(c1)CCO2)CC(=O)N1CCNCC1.Cl. The molecule has 2 aliphatic rings. The molecular weight excluding hydrogens is 314 g/mol. The van der Waals surface area contributed by atoms with Gasteiger partial charge in [-0.1, -0.05) is 12.1 Å². The Balaban J connectivity index is 0.00000192. The second kappa shape index (κ2) is 8.52. The van der Waals surface area contributed by atoms with Crippen molar-refractivity contribution in [1.82, 2.24) is 15.1 Å². The third-order valence-corrected chi connectivity index (χ3v) is 4.41. The predicted molar refractivity (Wildman–Crippen MR) is 93.5 cm³/mol. The van der Waals surface area contributed by atoms with Crippen molar-refractivity contribution in [3.8, 4) is 5.75 Å². The molecule has 1 aromatic rings. The molecule has 0 aliphatic carbocycles. The lowest BCUT2D eigenvalue weighted by atomic mass is 10.1. The van der Waals surface area contributed by atoms with Crippen LogP contribution in [-0.2, 0) is 17.6 Å². The van der Waals surface area contributed by atoms with Crippen LogP contribution in [0.1, 0.15) is 11.1 Å². The van der Waals surface area contributed by atoms with Gasteiger partial charge in [-0.2, -0.15) is 0 Å². The van der Waals surface area contributed by atoms with E-state index in [1.807, 2.05) is 11.9 Å². The molecule has 1 amide bonds. The molecule has 5 nitrogen and oxygen atoms in total. The molecule has 0 unspecified atom stereocenters. The number of fused-ring (bicyclic) bond motifs is 1. The molecular formula is C17H26ClN3O2. The summed E-state index contributed by atoms with van der Waals surface area (Å²) in [6, 6.07) is 6.45. The fraction of sp³-hybridized carbons (Fsp3) is 0.588. The number of hydrogen-bond donors (Lipinski definition) is 1. The van der Waals surface area contributed by atoms with E-state index in [2.05, 4.69) is 28.4 Å². The minimum atomic E-state index is 0. The normalized spacial score (nSPS) is 16.7. The Kier molecular flexibility index (Phi) is 6.69. The topological polar surface area (TPSA) is 44.8 Å². The maximum atomic E-state index is 12.2. The van der Waals surface area contributed by atoms with Crippen molar-refractivity contribution < 1.29 is 9.53 Å². The molecule has 0 spiro atoms. The number of piperazine rings is 1. The molecule has 1 aromatic carbocycles. The highest BCUT2D eigenvalue weighted by Crippen LogP contribution is 2.25. The van der Waals surface area contributed by atoms with Crippen LogP contribution < -0.4 is 10.1 Å². The first-order valence-electron chi connectivity index (χ1n) is 8.14. The van der Waals surface area contributed by atoms with Crippen molar-refractivity contribution in [2.75, 3.05) is 52.9 Å². The van der Waals surface area contributed by atoms with Gasteiger partial charge >= 0.3 is 0 Å². The van der Waals surface area contributed by atoms with E-state index < -0.39 is 0 Å². The van der Waals surface area contributed by atoms with E-state index in [-0.39, 0.29) is 18.3 Å². The van der Waals surface area contributed by atoms with Gasteiger partial charge in [0, 0.05) is 39.1 Å². The van der Waals surface area contributed by atoms with Gasteiger partial charge in [-0.3, -0.25) is 9.69 Å². The number of rotatable bonds is 5. The van der Waals surface area contributed by atoms with Crippen LogP contribution in [-0.4, -0.2) is 68.6 Å². The van der Waals surface area contributed by atoms with Crippen molar-refractivity contribution in [3.05, 3.63) is 29.3 Å². The maximum Gasteiger partial charge on any atom is 0.236 e. The van der Waals surface area contributed by atoms with Crippen LogP contribution in [0.25, 0.3) is 0 Å². The van der Waals surface area contributed by atoms with Gasteiger partial charge in [0.05, 0.1) is 13.2 Å². The molecule has 0 atom stereocenters. The number of likely N-dealkylation sites (N-methyl/N-ethyl adjacent to an activating group) is 1. The van der Waals surface area contributed by atoms with E-state index in [1.54, 1.807) is 0 Å². The summed E-state index contributed by atoms with van der Waals surface area (Å²) in [6.07, 6.45) is 1.99. The first-order chi connectivity index (χ1) is 10.7. The van der Waals surface area contributed by atoms with E-state index in [9.17, 15) is 4.79 Å². The number of amides is 1. The summed E-state index contributed by atoms with van der Waals surface area (Å²) in [7, 11) is 2.02. The van der Waals surface area contributed by atoms with Crippen molar-refractivity contribution >= 4 is 18.3 Å². The number of halogens is 1. The molecule has 23 heavy (non-hydrogen) atoms. The van der Waals surface area contributed by atoms with Gasteiger partial charge in [0.25, 0.3) is 0 Å². The zero-order valence-corrected chi connectivity index (χ0v) is 14.5. The summed E-state index contributed by atoms with van der Waals surface area (Å²) < 4.78 is 5.53. The third kappa shape index (κ3) is 4.83. The minimum Gasteiger partial charge on any atom is -0.493 e. The Labute approximate surface area is 144 Å². The van der Waals surface area contributed by atoms with Crippen molar-refractivity contribution in [1.29, 1.82) is 0 Å². The number of nitrogens with zero attached hydrogens (tertiary/aromatic N) is 2. The second-order valence-electron chi connectivity index (χ2n) is 6.16. The van der Waals surface area contributed by atoms with Crippen LogP contribution >= 0.6 is 12.4 Å². The standard InChI is InChI=1S/C17H25N3O2.ClH/c1-19(13-17(21)20-9-6-18-7-10-20)8-4-14-2-3-16-15(12-14)5-11-22-16;/h2-3,12,18H,4-11,13H2,1H3;1H. The van der Waals surface area contributed by atoms with Gasteiger partial charge in [0.2, 0.25) is 5.91 Å². The molecule has 0 saturated carbocycles. The predicted octanol–water partition coefficient (Wildman–Crippen LogP) is 0.949. The summed E-state index contributed by atoms with van der Waals surface area (Å²) in [4.78, 5) is 16.3. The molecule has 0 radical (unpaired) electrons. The Morgan fingerprint density at radius 1 is 1.35 bits per heavy atom. The fourth-order valence-electron chi connectivity index (χ4n) is 3.04. The zero-order valence-electron chi connectivity index (χ0n) is 13.7. The van der Waals surface area contributed by atoms with Gasteiger partial charge in [-0.15, -0.1) is 12.4 Å². The molecule has 6 heteroatoms. The smallest absolute Gasteiger partial charge is 0.236 e. The van der Waals surface area contributed by atoms with Gasteiger partial charge < -0.3 is 15.0 Å². The van der Waals surface area contributed by atoms with Crippen molar-refractivity contribution in [2.24, 2.45) is 0 Å². The van der Waals surface area contributed by atoms with E-state index in [0.717, 1.165) is 57.9 Å². The van der Waals surface area contributed by atoms with Crippen LogP contribution in [0.3, 0.4) is 0 Å². The quantitative estimate of drug-likeness (QED) is 0.867. The molecule has 128 valence electrons. The first kappa shape index (κ1) is 18.0. The van der Waals surface area contributed by atoms with E-state index >= 15 is 0 Å². The molecule has 0 bridgehead atoms. The molecule has 1 N–H and O–H groups in total. The summed E-state index contributed by atoms with van der Waals surface area (Å²) in [6.45, 7) is 5.69. The lowest BCUT2D eigenvalue weighted by Crippen LogP contribution is -2.49. The minimum absolute atomic E-state index is 0. The Morgan fingerprint density at radius 3 is 2.91 bits per heavy atom. The number of carbonyl (C=O) groups is 1. The lowest BCUT2D eigenvalue weighted by Gasteiger charge is -2.29. The summed E-state index contributed by atoms with van der Waals surface area (Å²) in [5.74, 6) is 1.28. The first-order valence-corrected chi connectivity index (χ1v) is 8.14. The number of ether oxygens (including phenoxy) is 1. The highest BCUT2D eigenvalue weighted by atomic mass is 35.5. The highest BCUT2D eigenvalue weighted by Gasteiger charge is 2.17. The van der Waals surface area contributed by atoms with E-state index in [1.165, 1.54) is 11.1 Å². The third-order valence-electron chi connectivity index (χ3n) is 4.41. The average molecular weight is 340 g/mol. The Bertz CT molecular complexity index is 533. The van der Waals surface area contributed by atoms with Gasteiger partial charge in [0.1, 0.15) is 5.75 Å². The summed E-state index contributed by atoms with van der Waals surface area (Å²) in [5, 5.41) is 3.27. The number of benzene rings is 1. The zero-order chi connectivity index (χ0) is 15.4. The van der Waals surface area contributed by atoms with Crippen LogP contribution in [0.15, 0.2) is 18.2 Å². The van der Waals surface area contributed by atoms with Crippen LogP contribution in [0.4, 0.5) is 0 Å². The van der Waals surface area contributed by atoms with Gasteiger partial charge in [-0.05, 0) is 30.7 Å². The number of nitrogens with one attached hydrogen (secondary N) is 1. The molecule has 2 heterocycles. The van der Waals surface area contributed by atoms with E-state index in [0.29, 0.717) is 6.54 Å². The number of hydrogen-bond acceptors (Lipinski definition) is 4. The van der Waals surface area contributed by atoms with Crippen LogP contribution in [0.5, 0.6) is 5.75 Å². The lowest BCUT2D eigenvalue weighted by molar-refractivity contribution is -0.132. The van der Waals surface area contributed by atoms with Gasteiger partial charge in [0.15, 0.2) is 0 Å². The molecule has 0 aromatic heterocycles. The fourth-order valence-corrected chi connectivity index (χ4v) is 3.04.